The summed E-state index contributed by atoms with van der Waals surface area (Å²) in [6, 6.07) is 10.4. The van der Waals surface area contributed by atoms with Gasteiger partial charge < -0.3 is 20.4 Å². The van der Waals surface area contributed by atoms with Crippen LogP contribution in [-0.4, -0.2) is 59.2 Å². The van der Waals surface area contributed by atoms with E-state index < -0.39 is 0 Å². The van der Waals surface area contributed by atoms with Crippen molar-refractivity contribution in [2.75, 3.05) is 54.4 Å². The van der Waals surface area contributed by atoms with Gasteiger partial charge in [0.1, 0.15) is 0 Å². The van der Waals surface area contributed by atoms with Crippen molar-refractivity contribution < 1.29 is 0 Å². The Hall–Kier alpha value is -3.00. The Morgan fingerprint density at radius 3 is 2.39 bits per heavy atom. The molecular weight excluding hydrogens is 412 g/mol. The van der Waals surface area contributed by atoms with Crippen molar-refractivity contribution in [3.05, 3.63) is 41.6 Å². The molecule has 8 nitrogen and oxygen atoms in total. The Labute approximate surface area is 195 Å². The van der Waals surface area contributed by atoms with Crippen LogP contribution in [0.1, 0.15) is 37.9 Å². The number of hydrogen-bond acceptors (Lipinski definition) is 8. The van der Waals surface area contributed by atoms with Gasteiger partial charge in [-0.15, -0.1) is 0 Å². The van der Waals surface area contributed by atoms with Gasteiger partial charge in [-0.3, -0.25) is 0 Å². The molecule has 0 atom stereocenters. The third kappa shape index (κ3) is 5.00. The van der Waals surface area contributed by atoms with Gasteiger partial charge in [0.2, 0.25) is 5.95 Å². The molecule has 8 heteroatoms. The molecule has 0 radical (unpaired) electrons. The first-order valence-electron chi connectivity index (χ1n) is 12.2. The van der Waals surface area contributed by atoms with Gasteiger partial charge in [-0.1, -0.05) is 44.2 Å². The Morgan fingerprint density at radius 1 is 0.909 bits per heavy atom. The van der Waals surface area contributed by atoms with Gasteiger partial charge in [0.15, 0.2) is 22.8 Å². The van der Waals surface area contributed by atoms with E-state index in [4.69, 9.17) is 19.9 Å². The van der Waals surface area contributed by atoms with Crippen LogP contribution in [0.15, 0.2) is 30.3 Å². The second kappa shape index (κ2) is 9.87. The molecule has 0 saturated carbocycles. The van der Waals surface area contributed by atoms with E-state index in [9.17, 15) is 0 Å². The zero-order chi connectivity index (χ0) is 22.6. The maximum atomic E-state index is 5.14. The highest BCUT2D eigenvalue weighted by Gasteiger charge is 2.24. The summed E-state index contributed by atoms with van der Waals surface area (Å²) < 4.78 is 0. The quantitative estimate of drug-likeness (QED) is 0.572. The van der Waals surface area contributed by atoms with Crippen LogP contribution < -0.4 is 20.4 Å². The van der Waals surface area contributed by atoms with Crippen LogP contribution in [0.5, 0.6) is 0 Å². The van der Waals surface area contributed by atoms with Crippen LogP contribution in [0.2, 0.25) is 0 Å². The topological polar surface area (TPSA) is 82.1 Å². The van der Waals surface area contributed by atoms with Gasteiger partial charge in [-0.2, -0.15) is 9.97 Å². The third-order valence-corrected chi connectivity index (χ3v) is 6.28. The van der Waals surface area contributed by atoms with Gasteiger partial charge in [-0.05, 0) is 30.7 Å². The number of piperazine rings is 1. The molecule has 2 fully saturated rings. The highest BCUT2D eigenvalue weighted by Crippen LogP contribution is 2.30. The van der Waals surface area contributed by atoms with Crippen molar-refractivity contribution in [3.63, 3.8) is 0 Å². The third-order valence-electron chi connectivity index (χ3n) is 6.28. The molecule has 2 aliphatic rings. The summed E-state index contributed by atoms with van der Waals surface area (Å²) in [6.07, 6.45) is 3.24. The SMILES string of the molecule is CC(C)Cc1nc2c(N3CCCC3)nc(N3CCNCC3)nc2nc1NCc1ccccc1. The molecule has 2 saturated heterocycles. The molecule has 0 spiro atoms. The van der Waals surface area contributed by atoms with Gasteiger partial charge in [0, 0.05) is 45.8 Å². The molecule has 0 amide bonds. The number of benzene rings is 1. The highest BCUT2D eigenvalue weighted by molar-refractivity contribution is 5.85. The zero-order valence-electron chi connectivity index (χ0n) is 19.7. The summed E-state index contributed by atoms with van der Waals surface area (Å²) >= 11 is 0. The standard InChI is InChI=1S/C25H34N8/c1-18(2)16-20-22(27-17-19-8-4-3-5-9-19)29-23-21(28-20)24(32-12-6-7-13-32)31-25(30-23)33-14-10-26-11-15-33/h3-5,8-9,18,26H,6-7,10-17H2,1-2H3,(H,27,29,30,31). The van der Waals surface area contributed by atoms with Crippen LogP contribution in [0.25, 0.3) is 11.2 Å². The molecule has 33 heavy (non-hydrogen) atoms. The van der Waals surface area contributed by atoms with Crippen molar-refractivity contribution in [1.29, 1.82) is 0 Å². The molecule has 2 N–H and O–H groups in total. The summed E-state index contributed by atoms with van der Waals surface area (Å²) in [4.78, 5) is 24.7. The van der Waals surface area contributed by atoms with Crippen LogP contribution in [0, 0.1) is 5.92 Å². The highest BCUT2D eigenvalue weighted by atomic mass is 15.3. The lowest BCUT2D eigenvalue weighted by Gasteiger charge is -2.28. The minimum Gasteiger partial charge on any atom is -0.364 e. The van der Waals surface area contributed by atoms with E-state index in [2.05, 4.69) is 58.5 Å². The molecule has 5 rings (SSSR count). The number of hydrogen-bond donors (Lipinski definition) is 2. The predicted octanol–water partition coefficient (Wildman–Crippen LogP) is 3.24. The van der Waals surface area contributed by atoms with E-state index in [-0.39, 0.29) is 0 Å². The second-order valence-corrected chi connectivity index (χ2v) is 9.41. The van der Waals surface area contributed by atoms with E-state index >= 15 is 0 Å². The van der Waals surface area contributed by atoms with Crippen LogP contribution in [0.4, 0.5) is 17.6 Å². The summed E-state index contributed by atoms with van der Waals surface area (Å²) in [5.41, 5.74) is 3.73. The predicted molar refractivity (Wildman–Crippen MR) is 134 cm³/mol. The van der Waals surface area contributed by atoms with Gasteiger partial charge in [0.05, 0.1) is 5.69 Å². The molecule has 0 unspecified atom stereocenters. The van der Waals surface area contributed by atoms with Gasteiger partial charge in [-0.25, -0.2) is 9.97 Å². The molecule has 3 aromatic rings. The van der Waals surface area contributed by atoms with Crippen molar-refractivity contribution in [2.45, 2.75) is 39.7 Å². The average molecular weight is 447 g/mol. The molecule has 2 aromatic heterocycles. The van der Waals surface area contributed by atoms with E-state index in [1.807, 2.05) is 6.07 Å². The molecular formula is C25H34N8. The molecule has 2 aliphatic heterocycles. The molecule has 4 heterocycles. The normalized spacial score (nSPS) is 16.7. The van der Waals surface area contributed by atoms with Crippen molar-refractivity contribution >= 4 is 28.7 Å². The fourth-order valence-electron chi connectivity index (χ4n) is 4.56. The number of fused-ring (bicyclic) bond motifs is 1. The number of nitrogens with one attached hydrogen (secondary N) is 2. The first-order valence-corrected chi connectivity index (χ1v) is 12.2. The molecule has 0 aliphatic carbocycles. The monoisotopic (exact) mass is 446 g/mol. The largest absolute Gasteiger partial charge is 0.364 e. The van der Waals surface area contributed by atoms with E-state index in [1.165, 1.54) is 18.4 Å². The minimum absolute atomic E-state index is 0.477. The van der Waals surface area contributed by atoms with Gasteiger partial charge in [0.25, 0.3) is 0 Å². The first-order chi connectivity index (χ1) is 16.2. The lowest BCUT2D eigenvalue weighted by atomic mass is 10.1. The summed E-state index contributed by atoms with van der Waals surface area (Å²) in [6.45, 7) is 10.9. The number of nitrogens with zero attached hydrogens (tertiary/aromatic N) is 6. The Kier molecular flexibility index (Phi) is 6.53. The van der Waals surface area contributed by atoms with Crippen LogP contribution in [0.3, 0.4) is 0 Å². The number of aromatic nitrogens is 4. The lowest BCUT2D eigenvalue weighted by molar-refractivity contribution is 0.580. The number of anilines is 3. The van der Waals surface area contributed by atoms with Gasteiger partial charge >= 0.3 is 0 Å². The summed E-state index contributed by atoms with van der Waals surface area (Å²) in [7, 11) is 0. The Bertz CT molecular complexity index is 1070. The maximum absolute atomic E-state index is 5.14. The molecule has 174 valence electrons. The van der Waals surface area contributed by atoms with E-state index in [0.717, 1.165) is 74.5 Å². The smallest absolute Gasteiger partial charge is 0.229 e. The average Bonchev–Trinajstić information content (AvgIpc) is 3.38. The number of rotatable bonds is 7. The molecule has 1 aromatic carbocycles. The summed E-state index contributed by atoms with van der Waals surface area (Å²) in [5, 5.41) is 6.96. The zero-order valence-corrected chi connectivity index (χ0v) is 19.7. The van der Waals surface area contributed by atoms with Crippen LogP contribution in [-0.2, 0) is 13.0 Å². The first kappa shape index (κ1) is 21.8. The Balaban J connectivity index is 1.57. The van der Waals surface area contributed by atoms with E-state index in [0.29, 0.717) is 18.1 Å². The van der Waals surface area contributed by atoms with Crippen molar-refractivity contribution in [1.82, 2.24) is 25.3 Å². The fourth-order valence-corrected chi connectivity index (χ4v) is 4.56. The van der Waals surface area contributed by atoms with E-state index in [1.54, 1.807) is 0 Å². The fraction of sp³-hybridized carbons (Fsp3) is 0.520. The van der Waals surface area contributed by atoms with Crippen LogP contribution >= 0.6 is 0 Å². The van der Waals surface area contributed by atoms with Crippen molar-refractivity contribution in [3.8, 4) is 0 Å². The minimum atomic E-state index is 0.477. The second-order valence-electron chi connectivity index (χ2n) is 9.41. The maximum Gasteiger partial charge on any atom is 0.229 e. The van der Waals surface area contributed by atoms with Crippen molar-refractivity contribution in [2.24, 2.45) is 5.92 Å². The summed E-state index contributed by atoms with van der Waals surface area (Å²) in [5.74, 6) is 3.02. The molecule has 0 bridgehead atoms. The Morgan fingerprint density at radius 2 is 1.67 bits per heavy atom. The lowest BCUT2D eigenvalue weighted by Crippen LogP contribution is -2.44.